The molecule has 0 heterocycles. The highest BCUT2D eigenvalue weighted by atomic mass is 79.9. The van der Waals surface area contributed by atoms with Crippen molar-refractivity contribution in [1.82, 2.24) is 0 Å². The van der Waals surface area contributed by atoms with Crippen molar-refractivity contribution in [3.8, 4) is 0 Å². The molecule has 1 nitrogen and oxygen atoms in total. The Kier molecular flexibility index (Phi) is 7.09. The first kappa shape index (κ1) is 10.4. The van der Waals surface area contributed by atoms with Gasteiger partial charge in [-0.2, -0.15) is 0 Å². The first-order valence-electron chi connectivity index (χ1n) is 2.69. The van der Waals surface area contributed by atoms with Crippen LogP contribution in [-0.2, 0) is 0 Å². The van der Waals surface area contributed by atoms with E-state index in [0.717, 1.165) is 12.8 Å². The lowest BCUT2D eigenvalue weighted by Crippen LogP contribution is -2.08. The standard InChI is InChI=1S/C5H9Br3O/c6-3-4(9)1-2-5(7)8/h4-5,9H,1-3H2. The highest BCUT2D eigenvalue weighted by Crippen LogP contribution is 2.16. The number of halogens is 3. The maximum absolute atomic E-state index is 9.02. The summed E-state index contributed by atoms with van der Waals surface area (Å²) >= 11 is 9.83. The fraction of sp³-hybridized carbons (Fsp3) is 1.00. The third-order valence-corrected chi connectivity index (χ3v) is 2.56. The Labute approximate surface area is 80.6 Å². The van der Waals surface area contributed by atoms with Crippen LogP contribution in [0.3, 0.4) is 0 Å². The SMILES string of the molecule is OC(CBr)CCC(Br)Br. The van der Waals surface area contributed by atoms with E-state index in [1.807, 2.05) is 0 Å². The summed E-state index contributed by atoms with van der Waals surface area (Å²) in [7, 11) is 0. The van der Waals surface area contributed by atoms with Gasteiger partial charge in [0.25, 0.3) is 0 Å². The molecule has 0 aromatic rings. The molecule has 0 aliphatic carbocycles. The van der Waals surface area contributed by atoms with E-state index in [0.29, 0.717) is 9.07 Å². The number of aliphatic hydroxyl groups excluding tert-OH is 1. The van der Waals surface area contributed by atoms with Crippen molar-refractivity contribution in [1.29, 1.82) is 0 Å². The predicted octanol–water partition coefficient (Wildman–Crippen LogP) is 2.64. The highest BCUT2D eigenvalue weighted by molar-refractivity contribution is 9.24. The summed E-state index contributed by atoms with van der Waals surface area (Å²) < 4.78 is 0.332. The number of rotatable bonds is 4. The molecule has 0 fully saturated rings. The van der Waals surface area contributed by atoms with Gasteiger partial charge in [-0.1, -0.05) is 47.8 Å². The van der Waals surface area contributed by atoms with Crippen LogP contribution in [-0.4, -0.2) is 20.3 Å². The molecule has 1 unspecified atom stereocenters. The smallest absolute Gasteiger partial charge is 0.0698 e. The normalized spacial score (nSPS) is 14.3. The minimum Gasteiger partial charge on any atom is -0.392 e. The highest BCUT2D eigenvalue weighted by Gasteiger charge is 2.03. The zero-order valence-corrected chi connectivity index (χ0v) is 9.62. The van der Waals surface area contributed by atoms with Gasteiger partial charge in [-0.15, -0.1) is 0 Å². The number of alkyl halides is 3. The second-order valence-electron chi connectivity index (χ2n) is 1.78. The van der Waals surface area contributed by atoms with Crippen LogP contribution >= 0.6 is 47.8 Å². The van der Waals surface area contributed by atoms with E-state index in [9.17, 15) is 0 Å². The van der Waals surface area contributed by atoms with Crippen molar-refractivity contribution >= 4 is 47.8 Å². The van der Waals surface area contributed by atoms with Gasteiger partial charge in [-0.3, -0.25) is 0 Å². The van der Waals surface area contributed by atoms with E-state index < -0.39 is 0 Å². The molecule has 0 saturated carbocycles. The summed E-state index contributed by atoms with van der Waals surface area (Å²) in [5.74, 6) is 0. The fourth-order valence-electron chi connectivity index (χ4n) is 0.396. The van der Waals surface area contributed by atoms with Gasteiger partial charge in [0.05, 0.1) is 9.84 Å². The van der Waals surface area contributed by atoms with Crippen molar-refractivity contribution in [2.75, 3.05) is 5.33 Å². The minimum absolute atomic E-state index is 0.206. The van der Waals surface area contributed by atoms with Crippen molar-refractivity contribution in [3.63, 3.8) is 0 Å². The molecule has 56 valence electrons. The van der Waals surface area contributed by atoms with Gasteiger partial charge in [0.1, 0.15) is 0 Å². The molecule has 0 aromatic carbocycles. The first-order valence-corrected chi connectivity index (χ1v) is 5.64. The molecule has 9 heavy (non-hydrogen) atoms. The van der Waals surface area contributed by atoms with E-state index in [-0.39, 0.29) is 6.10 Å². The van der Waals surface area contributed by atoms with Gasteiger partial charge >= 0.3 is 0 Å². The van der Waals surface area contributed by atoms with Crippen molar-refractivity contribution in [3.05, 3.63) is 0 Å². The van der Waals surface area contributed by atoms with Crippen LogP contribution < -0.4 is 0 Å². The molecule has 0 spiro atoms. The topological polar surface area (TPSA) is 20.2 Å². The lowest BCUT2D eigenvalue weighted by molar-refractivity contribution is 0.189. The first-order chi connectivity index (χ1) is 4.16. The van der Waals surface area contributed by atoms with Crippen LogP contribution in [0.15, 0.2) is 0 Å². The van der Waals surface area contributed by atoms with Crippen molar-refractivity contribution in [2.45, 2.75) is 22.7 Å². The van der Waals surface area contributed by atoms with Gasteiger partial charge < -0.3 is 5.11 Å². The molecule has 0 bridgehead atoms. The van der Waals surface area contributed by atoms with Crippen molar-refractivity contribution < 1.29 is 5.11 Å². The van der Waals surface area contributed by atoms with Gasteiger partial charge in [0.15, 0.2) is 0 Å². The molecular weight excluding hydrogens is 316 g/mol. The second-order valence-corrected chi connectivity index (χ2v) is 5.86. The number of aliphatic hydroxyl groups is 1. The Balaban J connectivity index is 3.06. The molecule has 1 atom stereocenters. The number of hydrogen-bond donors (Lipinski definition) is 1. The lowest BCUT2D eigenvalue weighted by Gasteiger charge is -2.05. The molecule has 0 radical (unpaired) electrons. The number of hydrogen-bond acceptors (Lipinski definition) is 1. The summed E-state index contributed by atoms with van der Waals surface area (Å²) in [5, 5.41) is 9.68. The van der Waals surface area contributed by atoms with Crippen LogP contribution in [0, 0.1) is 0 Å². The van der Waals surface area contributed by atoms with E-state index >= 15 is 0 Å². The lowest BCUT2D eigenvalue weighted by atomic mass is 10.2. The largest absolute Gasteiger partial charge is 0.392 e. The Bertz CT molecular complexity index is 67.2. The second kappa shape index (κ2) is 6.13. The van der Waals surface area contributed by atoms with Gasteiger partial charge in [-0.25, -0.2) is 0 Å². The van der Waals surface area contributed by atoms with Crippen LogP contribution in [0.1, 0.15) is 12.8 Å². The summed E-state index contributed by atoms with van der Waals surface area (Å²) in [6.45, 7) is 0. The van der Waals surface area contributed by atoms with Crippen LogP contribution in [0.4, 0.5) is 0 Å². The van der Waals surface area contributed by atoms with Gasteiger partial charge in [-0.05, 0) is 12.8 Å². The monoisotopic (exact) mass is 322 g/mol. The average molecular weight is 325 g/mol. The molecule has 1 N–H and O–H groups in total. The zero-order valence-electron chi connectivity index (χ0n) is 4.86. The average Bonchev–Trinajstić information content (AvgIpc) is 1.83. The fourth-order valence-corrected chi connectivity index (χ4v) is 1.25. The third kappa shape index (κ3) is 7.30. The third-order valence-electron chi connectivity index (χ3n) is 0.896. The predicted molar refractivity (Wildman–Crippen MR) is 50.7 cm³/mol. The summed E-state index contributed by atoms with van der Waals surface area (Å²) in [6, 6.07) is 0. The molecule has 0 saturated heterocycles. The maximum atomic E-state index is 9.02. The molecule has 0 rings (SSSR count). The van der Waals surface area contributed by atoms with Crippen LogP contribution in [0.5, 0.6) is 0 Å². The maximum Gasteiger partial charge on any atom is 0.0698 e. The Morgan fingerprint density at radius 2 is 1.78 bits per heavy atom. The van der Waals surface area contributed by atoms with E-state index in [1.54, 1.807) is 0 Å². The Morgan fingerprint density at radius 3 is 2.11 bits per heavy atom. The summed E-state index contributed by atoms with van der Waals surface area (Å²) in [6.07, 6.45) is 1.57. The molecule has 0 aromatic heterocycles. The van der Waals surface area contributed by atoms with Crippen molar-refractivity contribution in [2.24, 2.45) is 0 Å². The summed E-state index contributed by atoms with van der Waals surface area (Å²) in [5.41, 5.74) is 0. The van der Waals surface area contributed by atoms with Crippen LogP contribution in [0.2, 0.25) is 0 Å². The van der Waals surface area contributed by atoms with E-state index in [4.69, 9.17) is 5.11 Å². The molecule has 0 aliphatic rings. The zero-order chi connectivity index (χ0) is 7.28. The van der Waals surface area contributed by atoms with Gasteiger partial charge in [0.2, 0.25) is 0 Å². The Hall–Kier alpha value is 1.40. The molecular formula is C5H9Br3O. The molecule has 0 aliphatic heterocycles. The minimum atomic E-state index is -0.206. The van der Waals surface area contributed by atoms with Crippen LogP contribution in [0.25, 0.3) is 0 Å². The van der Waals surface area contributed by atoms with E-state index in [2.05, 4.69) is 47.8 Å². The molecule has 4 heteroatoms. The summed E-state index contributed by atoms with van der Waals surface area (Å²) in [4.78, 5) is 0. The Morgan fingerprint density at radius 1 is 1.22 bits per heavy atom. The van der Waals surface area contributed by atoms with Gasteiger partial charge in [0, 0.05) is 5.33 Å². The van der Waals surface area contributed by atoms with E-state index in [1.165, 1.54) is 0 Å². The molecule has 0 amide bonds. The quantitative estimate of drug-likeness (QED) is 0.788.